The quantitative estimate of drug-likeness (QED) is 0.892. The summed E-state index contributed by atoms with van der Waals surface area (Å²) in [6.07, 6.45) is 6.80. The van der Waals surface area contributed by atoms with E-state index in [0.29, 0.717) is 0 Å². The molecule has 3 nitrogen and oxygen atoms in total. The van der Waals surface area contributed by atoms with Crippen LogP contribution in [0.25, 0.3) is 0 Å². The molecule has 2 N–H and O–H groups in total. The average molecular weight is 247 g/mol. The van der Waals surface area contributed by atoms with Crippen LogP contribution in [0.2, 0.25) is 0 Å². The third-order valence-electron chi connectivity index (χ3n) is 3.71. The number of hydrogen-bond acceptors (Lipinski definition) is 3. The van der Waals surface area contributed by atoms with E-state index in [-0.39, 0.29) is 6.04 Å². The Bertz CT molecular complexity index is 359. The third kappa shape index (κ3) is 3.70. The lowest BCUT2D eigenvalue weighted by molar-refractivity contribution is 0.521. The van der Waals surface area contributed by atoms with Gasteiger partial charge in [-0.25, -0.2) is 4.98 Å². The monoisotopic (exact) mass is 247 g/mol. The minimum Gasteiger partial charge on any atom is -0.357 e. The molecule has 0 radical (unpaired) electrons. The lowest BCUT2D eigenvalue weighted by Gasteiger charge is -2.21. The van der Waals surface area contributed by atoms with Gasteiger partial charge >= 0.3 is 0 Å². The minimum atomic E-state index is 0.205. The summed E-state index contributed by atoms with van der Waals surface area (Å²) >= 11 is 0. The minimum absolute atomic E-state index is 0.205. The number of pyridine rings is 1. The fraction of sp³-hybridized carbons (Fsp3) is 0.667. The molecule has 100 valence electrons. The van der Waals surface area contributed by atoms with Crippen molar-refractivity contribution < 1.29 is 0 Å². The largest absolute Gasteiger partial charge is 0.357 e. The molecule has 18 heavy (non-hydrogen) atoms. The molecule has 0 saturated carbocycles. The van der Waals surface area contributed by atoms with Crippen LogP contribution in [0.3, 0.4) is 0 Å². The van der Waals surface area contributed by atoms with Gasteiger partial charge in [0.2, 0.25) is 0 Å². The van der Waals surface area contributed by atoms with Crippen LogP contribution >= 0.6 is 0 Å². The van der Waals surface area contributed by atoms with Gasteiger partial charge in [-0.15, -0.1) is 0 Å². The van der Waals surface area contributed by atoms with Gasteiger partial charge in [0, 0.05) is 25.3 Å². The topological polar surface area (TPSA) is 42.1 Å². The molecule has 0 spiro atoms. The first-order valence-electron chi connectivity index (χ1n) is 7.10. The molecule has 0 aliphatic carbocycles. The van der Waals surface area contributed by atoms with E-state index < -0.39 is 0 Å². The standard InChI is InChI=1S/C15H25N3/c1-12-4-3-8-18(9-7-12)15-6-5-14(11-17-15)10-13(2)16/h5-6,11-13H,3-4,7-10,16H2,1-2H3. The smallest absolute Gasteiger partial charge is 0.128 e. The van der Waals surface area contributed by atoms with Crippen LogP contribution in [0.5, 0.6) is 0 Å². The van der Waals surface area contributed by atoms with Crippen LogP contribution in [0, 0.1) is 5.92 Å². The normalized spacial score (nSPS) is 22.6. The van der Waals surface area contributed by atoms with E-state index in [1.165, 1.54) is 24.8 Å². The van der Waals surface area contributed by atoms with Gasteiger partial charge in [-0.1, -0.05) is 13.0 Å². The Hall–Kier alpha value is -1.09. The molecule has 0 amide bonds. The first kappa shape index (κ1) is 13.3. The fourth-order valence-electron chi connectivity index (χ4n) is 2.59. The van der Waals surface area contributed by atoms with Crippen LogP contribution in [0.1, 0.15) is 38.7 Å². The van der Waals surface area contributed by atoms with Crippen molar-refractivity contribution in [2.24, 2.45) is 11.7 Å². The Morgan fingerprint density at radius 3 is 2.89 bits per heavy atom. The van der Waals surface area contributed by atoms with Crippen molar-refractivity contribution in [3.05, 3.63) is 23.9 Å². The molecule has 2 unspecified atom stereocenters. The van der Waals surface area contributed by atoms with Crippen molar-refractivity contribution in [1.29, 1.82) is 0 Å². The molecule has 1 aliphatic heterocycles. The van der Waals surface area contributed by atoms with Crippen molar-refractivity contribution in [3.63, 3.8) is 0 Å². The van der Waals surface area contributed by atoms with Crippen LogP contribution in [-0.2, 0) is 6.42 Å². The fourth-order valence-corrected chi connectivity index (χ4v) is 2.59. The second-order valence-electron chi connectivity index (χ2n) is 5.73. The highest BCUT2D eigenvalue weighted by Gasteiger charge is 2.14. The molecule has 3 heteroatoms. The average Bonchev–Trinajstić information content (AvgIpc) is 2.54. The van der Waals surface area contributed by atoms with Crippen LogP contribution in [0.4, 0.5) is 5.82 Å². The number of anilines is 1. The summed E-state index contributed by atoms with van der Waals surface area (Å²) in [5.74, 6) is 1.98. The molecular formula is C15H25N3. The van der Waals surface area contributed by atoms with E-state index in [4.69, 9.17) is 5.73 Å². The number of hydrogen-bond donors (Lipinski definition) is 1. The molecule has 0 aromatic carbocycles. The molecule has 1 saturated heterocycles. The highest BCUT2D eigenvalue weighted by Crippen LogP contribution is 2.21. The van der Waals surface area contributed by atoms with E-state index in [2.05, 4.69) is 28.9 Å². The second kappa shape index (κ2) is 6.19. The van der Waals surface area contributed by atoms with Crippen LogP contribution < -0.4 is 10.6 Å². The van der Waals surface area contributed by atoms with Crippen molar-refractivity contribution in [3.8, 4) is 0 Å². The molecule has 2 rings (SSSR count). The molecule has 0 bridgehead atoms. The highest BCUT2D eigenvalue weighted by molar-refractivity contribution is 5.39. The van der Waals surface area contributed by atoms with E-state index in [9.17, 15) is 0 Å². The first-order valence-corrected chi connectivity index (χ1v) is 7.10. The molecule has 1 aliphatic rings. The maximum Gasteiger partial charge on any atom is 0.128 e. The zero-order chi connectivity index (χ0) is 13.0. The number of nitrogens with zero attached hydrogens (tertiary/aromatic N) is 2. The highest BCUT2D eigenvalue weighted by atomic mass is 15.2. The summed E-state index contributed by atoms with van der Waals surface area (Å²) in [5, 5.41) is 0. The van der Waals surface area contributed by atoms with Crippen molar-refractivity contribution in [2.45, 2.75) is 45.6 Å². The maximum atomic E-state index is 5.80. The van der Waals surface area contributed by atoms with E-state index in [1.807, 2.05) is 13.1 Å². The van der Waals surface area contributed by atoms with E-state index in [1.54, 1.807) is 0 Å². The maximum absolute atomic E-state index is 5.80. The summed E-state index contributed by atoms with van der Waals surface area (Å²) in [7, 11) is 0. The Kier molecular flexibility index (Phi) is 4.59. The van der Waals surface area contributed by atoms with Gasteiger partial charge in [0.05, 0.1) is 0 Å². The Labute approximate surface area is 110 Å². The molecule has 1 fully saturated rings. The van der Waals surface area contributed by atoms with Crippen LogP contribution in [-0.4, -0.2) is 24.1 Å². The van der Waals surface area contributed by atoms with Gasteiger partial charge in [0.15, 0.2) is 0 Å². The summed E-state index contributed by atoms with van der Waals surface area (Å²) in [6.45, 7) is 6.66. The van der Waals surface area contributed by atoms with Gasteiger partial charge < -0.3 is 10.6 Å². The summed E-state index contributed by atoms with van der Waals surface area (Å²) < 4.78 is 0. The predicted octanol–water partition coefficient (Wildman–Crippen LogP) is 2.60. The SMILES string of the molecule is CC(N)Cc1ccc(N2CCCC(C)CC2)nc1. The van der Waals surface area contributed by atoms with Gasteiger partial charge in [-0.2, -0.15) is 0 Å². The van der Waals surface area contributed by atoms with E-state index in [0.717, 1.165) is 31.2 Å². The number of nitrogens with two attached hydrogens (primary N) is 1. The summed E-state index contributed by atoms with van der Waals surface area (Å²) in [4.78, 5) is 7.01. The predicted molar refractivity (Wildman–Crippen MR) is 76.8 cm³/mol. The van der Waals surface area contributed by atoms with Gasteiger partial charge in [-0.3, -0.25) is 0 Å². The van der Waals surface area contributed by atoms with Gasteiger partial charge in [0.1, 0.15) is 5.82 Å². The summed E-state index contributed by atoms with van der Waals surface area (Å²) in [6, 6.07) is 4.52. The zero-order valence-electron chi connectivity index (χ0n) is 11.6. The molecule has 1 aromatic heterocycles. The van der Waals surface area contributed by atoms with E-state index >= 15 is 0 Å². The molecular weight excluding hydrogens is 222 g/mol. The van der Waals surface area contributed by atoms with Crippen molar-refractivity contribution in [2.75, 3.05) is 18.0 Å². The van der Waals surface area contributed by atoms with Crippen molar-refractivity contribution in [1.82, 2.24) is 4.98 Å². The molecule has 2 heterocycles. The second-order valence-corrected chi connectivity index (χ2v) is 5.73. The van der Waals surface area contributed by atoms with Crippen LogP contribution in [0.15, 0.2) is 18.3 Å². The Morgan fingerprint density at radius 2 is 2.22 bits per heavy atom. The Balaban J connectivity index is 2.00. The lowest BCUT2D eigenvalue weighted by atomic mass is 10.0. The Morgan fingerprint density at radius 1 is 1.39 bits per heavy atom. The zero-order valence-corrected chi connectivity index (χ0v) is 11.6. The number of rotatable bonds is 3. The first-order chi connectivity index (χ1) is 8.65. The molecule has 2 atom stereocenters. The lowest BCUT2D eigenvalue weighted by Crippen LogP contribution is -2.25. The van der Waals surface area contributed by atoms with Gasteiger partial charge in [-0.05, 0) is 50.2 Å². The van der Waals surface area contributed by atoms with Crippen molar-refractivity contribution >= 4 is 5.82 Å². The third-order valence-corrected chi connectivity index (χ3v) is 3.71. The van der Waals surface area contributed by atoms with Gasteiger partial charge in [0.25, 0.3) is 0 Å². The number of aromatic nitrogens is 1. The summed E-state index contributed by atoms with van der Waals surface area (Å²) in [5.41, 5.74) is 7.04. The molecule has 1 aromatic rings.